The Kier molecular flexibility index (Phi) is 5.75. The summed E-state index contributed by atoms with van der Waals surface area (Å²) in [5, 5.41) is 14.1. The number of hydrogen-bond donors (Lipinski definition) is 1. The average Bonchev–Trinajstić information content (AvgIpc) is 3.23. The molecule has 0 aromatic carbocycles. The number of thioether (sulfide) groups is 1. The van der Waals surface area contributed by atoms with E-state index in [2.05, 4.69) is 31.1 Å². The molecule has 1 aromatic heterocycles. The second-order valence-corrected chi connectivity index (χ2v) is 8.30. The fraction of sp³-hybridized carbons (Fsp3) is 0.706. The summed E-state index contributed by atoms with van der Waals surface area (Å²) in [5.41, 5.74) is 5.36. The van der Waals surface area contributed by atoms with E-state index in [0.717, 1.165) is 37.6 Å². The normalized spacial score (nSPS) is 31.4. The van der Waals surface area contributed by atoms with Crippen LogP contribution in [0.3, 0.4) is 0 Å². The Balaban J connectivity index is 1.27. The third kappa shape index (κ3) is 3.83. The van der Waals surface area contributed by atoms with Crippen molar-refractivity contribution in [2.24, 2.45) is 11.0 Å². The summed E-state index contributed by atoms with van der Waals surface area (Å²) >= 11 is 1.75. The molecular weight excluding hydrogens is 380 g/mol. The quantitative estimate of drug-likeness (QED) is 0.385. The lowest BCUT2D eigenvalue weighted by molar-refractivity contribution is 0.0750. The van der Waals surface area contributed by atoms with Crippen LogP contribution in [0.25, 0.3) is 0 Å². The Morgan fingerprint density at radius 1 is 1.43 bits per heavy atom. The van der Waals surface area contributed by atoms with Crippen LogP contribution in [-0.2, 0) is 10.5 Å². The molecule has 0 radical (unpaired) electrons. The van der Waals surface area contributed by atoms with Crippen LogP contribution >= 0.6 is 11.8 Å². The molecule has 0 spiro atoms. The van der Waals surface area contributed by atoms with Crippen molar-refractivity contribution in [2.75, 3.05) is 37.8 Å². The number of piperidine rings is 1. The molecule has 0 bridgehead atoms. The minimum Gasteiger partial charge on any atom is -0.326 e. The van der Waals surface area contributed by atoms with Crippen molar-refractivity contribution in [1.29, 1.82) is 5.26 Å². The van der Waals surface area contributed by atoms with Crippen LogP contribution in [0.1, 0.15) is 18.7 Å². The van der Waals surface area contributed by atoms with Crippen molar-refractivity contribution in [3.05, 3.63) is 29.2 Å². The summed E-state index contributed by atoms with van der Waals surface area (Å²) in [6, 6.07) is 4.10. The van der Waals surface area contributed by atoms with Gasteiger partial charge in [-0.05, 0) is 18.9 Å². The fourth-order valence-electron chi connectivity index (χ4n) is 3.92. The first-order chi connectivity index (χ1) is 13.7. The number of rotatable bonds is 7. The maximum absolute atomic E-state index is 11.4. The lowest BCUT2D eigenvalue weighted by Crippen LogP contribution is -2.47. The maximum atomic E-state index is 11.4. The van der Waals surface area contributed by atoms with Crippen molar-refractivity contribution in [2.45, 2.75) is 36.9 Å². The fourth-order valence-corrected chi connectivity index (χ4v) is 5.07. The number of hydrogen-bond acceptors (Lipinski definition) is 10. The van der Waals surface area contributed by atoms with Gasteiger partial charge in [0.15, 0.2) is 12.1 Å². The van der Waals surface area contributed by atoms with Gasteiger partial charge in [-0.2, -0.15) is 5.26 Å². The molecule has 3 aliphatic heterocycles. The van der Waals surface area contributed by atoms with E-state index < -0.39 is 5.72 Å². The van der Waals surface area contributed by atoms with Gasteiger partial charge in [0.2, 0.25) is 5.72 Å². The van der Waals surface area contributed by atoms with Crippen molar-refractivity contribution in [3.8, 4) is 6.07 Å². The number of nitrogens with two attached hydrogens (primary N) is 1. The molecule has 150 valence electrons. The number of nitrogens with zero attached hydrogens (tertiary/aromatic N) is 7. The molecule has 4 rings (SSSR count). The SMILES string of the molecule is N#CC1CSCN1CCN(N=O)C1CCN(C2OC2(N)c2ncccn2)CC1. The lowest BCUT2D eigenvalue weighted by atomic mass is 10.0. The number of nitriles is 1. The Morgan fingerprint density at radius 2 is 2.18 bits per heavy atom. The zero-order valence-corrected chi connectivity index (χ0v) is 16.4. The summed E-state index contributed by atoms with van der Waals surface area (Å²) in [6.07, 6.45) is 4.71. The molecule has 28 heavy (non-hydrogen) atoms. The highest BCUT2D eigenvalue weighted by Gasteiger charge is 2.60. The van der Waals surface area contributed by atoms with E-state index in [1.165, 1.54) is 0 Å². The molecule has 4 heterocycles. The Morgan fingerprint density at radius 3 is 2.86 bits per heavy atom. The zero-order chi connectivity index (χ0) is 19.6. The van der Waals surface area contributed by atoms with Gasteiger partial charge in [-0.3, -0.25) is 20.5 Å². The predicted molar refractivity (Wildman–Crippen MR) is 103 cm³/mol. The van der Waals surface area contributed by atoms with E-state index >= 15 is 0 Å². The summed E-state index contributed by atoms with van der Waals surface area (Å²) in [5.74, 6) is 2.16. The number of nitroso groups, excluding NO2 is 1. The Hall–Kier alpha value is -1.84. The van der Waals surface area contributed by atoms with E-state index in [1.807, 2.05) is 0 Å². The monoisotopic (exact) mass is 404 g/mol. The van der Waals surface area contributed by atoms with Gasteiger partial charge in [-0.25, -0.2) is 9.97 Å². The standard InChI is InChI=1S/C17H24N8O2S/c18-10-14-11-28-12-24(14)8-9-25(22-26)13-2-6-23(7-3-13)16-17(19,27-16)15-20-4-1-5-21-15/h1,4-5,13-14,16H,2-3,6-9,11-12,19H2. The molecule has 3 fully saturated rings. The van der Waals surface area contributed by atoms with E-state index in [0.29, 0.717) is 18.9 Å². The molecule has 3 aliphatic rings. The third-order valence-electron chi connectivity index (χ3n) is 5.63. The summed E-state index contributed by atoms with van der Waals surface area (Å²) in [7, 11) is 0. The van der Waals surface area contributed by atoms with E-state index in [1.54, 1.807) is 35.2 Å². The minimum absolute atomic E-state index is 0.0646. The molecule has 2 N–H and O–H groups in total. The van der Waals surface area contributed by atoms with Crippen LogP contribution in [0.4, 0.5) is 0 Å². The molecule has 3 atom stereocenters. The van der Waals surface area contributed by atoms with Gasteiger partial charge in [-0.15, -0.1) is 16.7 Å². The van der Waals surface area contributed by atoms with Crippen LogP contribution in [0.2, 0.25) is 0 Å². The van der Waals surface area contributed by atoms with Crippen LogP contribution in [-0.4, -0.2) is 80.9 Å². The largest absolute Gasteiger partial charge is 0.326 e. The van der Waals surface area contributed by atoms with E-state index in [-0.39, 0.29) is 18.3 Å². The van der Waals surface area contributed by atoms with Gasteiger partial charge < -0.3 is 4.74 Å². The maximum Gasteiger partial charge on any atom is 0.219 e. The van der Waals surface area contributed by atoms with Crippen molar-refractivity contribution in [3.63, 3.8) is 0 Å². The Bertz CT molecular complexity index is 726. The lowest BCUT2D eigenvalue weighted by Gasteiger charge is -2.35. The highest BCUT2D eigenvalue weighted by Crippen LogP contribution is 2.42. The molecule has 0 saturated carbocycles. The van der Waals surface area contributed by atoms with Gasteiger partial charge >= 0.3 is 0 Å². The van der Waals surface area contributed by atoms with Gasteiger partial charge in [0.05, 0.1) is 23.9 Å². The molecule has 1 aromatic rings. The Labute approximate surface area is 168 Å². The second-order valence-electron chi connectivity index (χ2n) is 7.30. The van der Waals surface area contributed by atoms with Crippen LogP contribution in [0, 0.1) is 16.2 Å². The molecular formula is C17H24N8O2S. The molecule has 3 unspecified atom stereocenters. The number of epoxide rings is 1. The zero-order valence-electron chi connectivity index (χ0n) is 15.6. The second kappa shape index (κ2) is 8.26. The molecule has 10 nitrogen and oxygen atoms in total. The predicted octanol–water partition coefficient (Wildman–Crippen LogP) is 0.291. The van der Waals surface area contributed by atoms with Crippen molar-refractivity contribution in [1.82, 2.24) is 24.8 Å². The minimum atomic E-state index is -0.948. The number of ether oxygens (including phenoxy) is 1. The average molecular weight is 405 g/mol. The molecule has 3 saturated heterocycles. The summed E-state index contributed by atoms with van der Waals surface area (Å²) in [6.45, 7) is 2.77. The summed E-state index contributed by atoms with van der Waals surface area (Å²) < 4.78 is 5.73. The van der Waals surface area contributed by atoms with Gasteiger partial charge in [0.25, 0.3) is 0 Å². The molecule has 0 aliphatic carbocycles. The highest BCUT2D eigenvalue weighted by molar-refractivity contribution is 7.99. The van der Waals surface area contributed by atoms with Crippen LogP contribution in [0.5, 0.6) is 0 Å². The van der Waals surface area contributed by atoms with Gasteiger partial charge in [0, 0.05) is 43.7 Å². The van der Waals surface area contributed by atoms with Crippen molar-refractivity contribution >= 4 is 11.8 Å². The van der Waals surface area contributed by atoms with Crippen LogP contribution in [0.15, 0.2) is 23.7 Å². The first-order valence-corrected chi connectivity index (χ1v) is 10.6. The topological polar surface area (TPSA) is 127 Å². The van der Waals surface area contributed by atoms with E-state index in [4.69, 9.17) is 10.5 Å². The highest BCUT2D eigenvalue weighted by atomic mass is 32.2. The van der Waals surface area contributed by atoms with Crippen LogP contribution < -0.4 is 5.73 Å². The number of aromatic nitrogens is 2. The summed E-state index contributed by atoms with van der Waals surface area (Å²) in [4.78, 5) is 24.1. The molecule has 0 amide bonds. The first-order valence-electron chi connectivity index (χ1n) is 9.45. The van der Waals surface area contributed by atoms with Gasteiger partial charge in [-0.1, -0.05) is 0 Å². The smallest absolute Gasteiger partial charge is 0.219 e. The van der Waals surface area contributed by atoms with Gasteiger partial charge in [0.1, 0.15) is 6.04 Å². The van der Waals surface area contributed by atoms with Crippen molar-refractivity contribution < 1.29 is 4.74 Å². The van der Waals surface area contributed by atoms with E-state index in [9.17, 15) is 10.2 Å². The number of likely N-dealkylation sites (tertiary alicyclic amines) is 1. The third-order valence-corrected chi connectivity index (χ3v) is 6.69. The first kappa shape index (κ1) is 19.5. The molecule has 11 heteroatoms.